The maximum Gasteiger partial charge on any atom is 0.303 e. The molecule has 6 nitrogen and oxygen atoms in total. The lowest BCUT2D eigenvalue weighted by Crippen LogP contribution is -2.31. The van der Waals surface area contributed by atoms with E-state index in [1.807, 2.05) is 0 Å². The molecule has 5 N–H and O–H groups in total. The van der Waals surface area contributed by atoms with Gasteiger partial charge in [-0.1, -0.05) is 71.1 Å². The molecule has 0 radical (unpaired) electrons. The molecule has 0 fully saturated rings. The van der Waals surface area contributed by atoms with Gasteiger partial charge in [-0.15, -0.1) is 0 Å². The monoisotopic (exact) mass is 350 g/mol. The Labute approximate surface area is 146 Å². The van der Waals surface area contributed by atoms with Gasteiger partial charge in [0.1, 0.15) is 12.2 Å². The molecule has 0 aliphatic carbocycles. The molecular formula is C18H38O6. The van der Waals surface area contributed by atoms with Gasteiger partial charge >= 0.3 is 5.97 Å². The topological polar surface area (TPSA) is 118 Å². The van der Waals surface area contributed by atoms with E-state index in [1.165, 1.54) is 57.8 Å². The summed E-state index contributed by atoms with van der Waals surface area (Å²) in [5.74, 6) is -0.657. The van der Waals surface area contributed by atoms with Crippen LogP contribution in [0.3, 0.4) is 0 Å². The fourth-order valence-corrected chi connectivity index (χ4v) is 2.18. The maximum atomic E-state index is 10.3. The minimum Gasteiger partial charge on any atom is -0.481 e. The van der Waals surface area contributed by atoms with E-state index in [-0.39, 0.29) is 0 Å². The van der Waals surface area contributed by atoms with Crippen LogP contribution >= 0.6 is 0 Å². The number of carboxylic acid groups (broad SMARTS) is 1. The van der Waals surface area contributed by atoms with Crippen LogP contribution in [-0.4, -0.2) is 56.9 Å². The number of hydrogen-bond acceptors (Lipinski definition) is 5. The quantitative estimate of drug-likeness (QED) is 0.290. The summed E-state index contributed by atoms with van der Waals surface area (Å²) in [6, 6.07) is 0. The van der Waals surface area contributed by atoms with Crippen molar-refractivity contribution >= 4 is 5.97 Å². The minimum absolute atomic E-state index is 0.344. The molecule has 0 aromatic heterocycles. The molecule has 0 bridgehead atoms. The van der Waals surface area contributed by atoms with Crippen LogP contribution in [0.4, 0.5) is 0 Å². The Kier molecular flexibility index (Phi) is 21.7. The summed E-state index contributed by atoms with van der Waals surface area (Å²) in [6.07, 6.45) is 11.9. The van der Waals surface area contributed by atoms with E-state index in [0.717, 1.165) is 12.8 Å². The minimum atomic E-state index is -1.22. The number of unbranched alkanes of at least 4 members (excludes halogenated alkanes) is 10. The van der Waals surface area contributed by atoms with Crippen LogP contribution in [0.1, 0.15) is 84.0 Å². The van der Waals surface area contributed by atoms with Crippen molar-refractivity contribution in [2.45, 2.75) is 96.2 Å². The molecule has 6 heteroatoms. The van der Waals surface area contributed by atoms with Crippen molar-refractivity contribution in [1.29, 1.82) is 0 Å². The normalized spacial score (nSPS) is 13.0. The zero-order valence-electron chi connectivity index (χ0n) is 15.2. The number of rotatable bonds is 15. The zero-order valence-corrected chi connectivity index (χ0v) is 15.2. The van der Waals surface area contributed by atoms with Crippen LogP contribution in [0.15, 0.2) is 0 Å². The molecule has 146 valence electrons. The SMILES string of the molecule is CCCCCCCCCCCCCC(=O)O.OCC(O)C(O)CO. The fourth-order valence-electron chi connectivity index (χ4n) is 2.18. The molecule has 0 aromatic rings. The van der Waals surface area contributed by atoms with Crippen molar-refractivity contribution in [1.82, 2.24) is 0 Å². The molecule has 2 unspecified atom stereocenters. The summed E-state index contributed by atoms with van der Waals surface area (Å²) < 4.78 is 0. The van der Waals surface area contributed by atoms with Gasteiger partial charge in [-0.2, -0.15) is 0 Å². The lowest BCUT2D eigenvalue weighted by Gasteiger charge is -2.10. The first-order valence-corrected chi connectivity index (χ1v) is 9.29. The van der Waals surface area contributed by atoms with Gasteiger partial charge in [-0.05, 0) is 6.42 Å². The van der Waals surface area contributed by atoms with Crippen molar-refractivity contribution in [3.63, 3.8) is 0 Å². The second-order valence-electron chi connectivity index (χ2n) is 6.18. The van der Waals surface area contributed by atoms with Crippen LogP contribution in [-0.2, 0) is 4.79 Å². The van der Waals surface area contributed by atoms with Crippen LogP contribution in [0.5, 0.6) is 0 Å². The lowest BCUT2D eigenvalue weighted by molar-refractivity contribution is -0.137. The number of aliphatic hydroxyl groups excluding tert-OH is 4. The van der Waals surface area contributed by atoms with Crippen molar-refractivity contribution in [3.05, 3.63) is 0 Å². The van der Waals surface area contributed by atoms with Gasteiger partial charge in [0, 0.05) is 6.42 Å². The largest absolute Gasteiger partial charge is 0.481 e. The second kappa shape index (κ2) is 20.4. The molecule has 0 aliphatic heterocycles. The van der Waals surface area contributed by atoms with E-state index in [0.29, 0.717) is 6.42 Å². The maximum absolute atomic E-state index is 10.3. The molecule has 2 atom stereocenters. The third-order valence-electron chi connectivity index (χ3n) is 3.81. The summed E-state index contributed by atoms with van der Waals surface area (Å²) in [5, 5.41) is 41.6. The molecule has 0 aliphatic rings. The zero-order chi connectivity index (χ0) is 18.6. The predicted octanol–water partition coefficient (Wildman–Crippen LogP) is 2.46. The number of aliphatic carboxylic acids is 1. The average Bonchev–Trinajstić information content (AvgIpc) is 2.58. The highest BCUT2D eigenvalue weighted by molar-refractivity contribution is 5.66. The molecule has 0 amide bonds. The van der Waals surface area contributed by atoms with Crippen LogP contribution in [0.25, 0.3) is 0 Å². The third-order valence-corrected chi connectivity index (χ3v) is 3.81. The van der Waals surface area contributed by atoms with E-state index >= 15 is 0 Å². The average molecular weight is 350 g/mol. The molecule has 0 heterocycles. The Morgan fingerprint density at radius 2 is 1.04 bits per heavy atom. The van der Waals surface area contributed by atoms with E-state index in [1.54, 1.807) is 0 Å². The fraction of sp³-hybridized carbons (Fsp3) is 0.944. The van der Waals surface area contributed by atoms with E-state index in [4.69, 9.17) is 25.5 Å². The third kappa shape index (κ3) is 21.3. The summed E-state index contributed by atoms with van der Waals surface area (Å²) in [5.41, 5.74) is 0. The summed E-state index contributed by atoms with van der Waals surface area (Å²) in [6.45, 7) is 1.20. The van der Waals surface area contributed by atoms with Gasteiger partial charge < -0.3 is 25.5 Å². The molecule has 0 aromatic carbocycles. The number of carbonyl (C=O) groups is 1. The van der Waals surface area contributed by atoms with Gasteiger partial charge in [0.25, 0.3) is 0 Å². The Morgan fingerprint density at radius 3 is 1.33 bits per heavy atom. The van der Waals surface area contributed by atoms with Gasteiger partial charge in [0.2, 0.25) is 0 Å². The molecule has 24 heavy (non-hydrogen) atoms. The molecule has 0 rings (SSSR count). The number of aliphatic hydroxyl groups is 4. The molecule has 0 spiro atoms. The summed E-state index contributed by atoms with van der Waals surface area (Å²) in [4.78, 5) is 10.3. The van der Waals surface area contributed by atoms with E-state index in [2.05, 4.69) is 6.92 Å². The van der Waals surface area contributed by atoms with Crippen molar-refractivity contribution in [2.24, 2.45) is 0 Å². The van der Waals surface area contributed by atoms with Gasteiger partial charge in [-0.25, -0.2) is 0 Å². The molecule has 0 saturated heterocycles. The van der Waals surface area contributed by atoms with Crippen LogP contribution in [0.2, 0.25) is 0 Å². The Hall–Kier alpha value is -0.690. The molecule has 0 saturated carbocycles. The number of carboxylic acids is 1. The Balaban J connectivity index is 0. The standard InChI is InChI=1S/C14H28O2.C4H10O4/c1-2-3-4-5-6-7-8-9-10-11-12-13-14(15)16;5-1-3(7)4(8)2-6/h2-13H2,1H3,(H,15,16);3-8H,1-2H2. The summed E-state index contributed by atoms with van der Waals surface area (Å²) in [7, 11) is 0. The first-order chi connectivity index (χ1) is 11.5. The lowest BCUT2D eigenvalue weighted by atomic mass is 10.1. The first kappa shape index (κ1) is 25.5. The highest BCUT2D eigenvalue weighted by Crippen LogP contribution is 2.11. The van der Waals surface area contributed by atoms with Crippen LogP contribution < -0.4 is 0 Å². The van der Waals surface area contributed by atoms with Crippen molar-refractivity contribution in [2.75, 3.05) is 13.2 Å². The van der Waals surface area contributed by atoms with Gasteiger partial charge in [-0.3, -0.25) is 4.79 Å². The first-order valence-electron chi connectivity index (χ1n) is 9.29. The second-order valence-corrected chi connectivity index (χ2v) is 6.18. The smallest absolute Gasteiger partial charge is 0.303 e. The van der Waals surface area contributed by atoms with Gasteiger partial charge in [0.05, 0.1) is 13.2 Å². The van der Waals surface area contributed by atoms with E-state index < -0.39 is 31.4 Å². The van der Waals surface area contributed by atoms with E-state index in [9.17, 15) is 4.79 Å². The summed E-state index contributed by atoms with van der Waals surface area (Å²) >= 11 is 0. The van der Waals surface area contributed by atoms with Crippen molar-refractivity contribution in [3.8, 4) is 0 Å². The van der Waals surface area contributed by atoms with Crippen molar-refractivity contribution < 1.29 is 30.3 Å². The van der Waals surface area contributed by atoms with Crippen LogP contribution in [0, 0.1) is 0 Å². The number of hydrogen-bond donors (Lipinski definition) is 5. The predicted molar refractivity (Wildman–Crippen MR) is 94.9 cm³/mol. The molecular weight excluding hydrogens is 312 g/mol. The highest BCUT2D eigenvalue weighted by Gasteiger charge is 2.12. The van der Waals surface area contributed by atoms with Gasteiger partial charge in [0.15, 0.2) is 0 Å². The Bertz CT molecular complexity index is 252. The Morgan fingerprint density at radius 1 is 0.708 bits per heavy atom. The highest BCUT2D eigenvalue weighted by atomic mass is 16.4.